The molecule has 0 aliphatic carbocycles. The highest BCUT2D eigenvalue weighted by Gasteiger charge is 2.21. The number of nitrogens with one attached hydrogen (secondary N) is 2. The van der Waals surface area contributed by atoms with E-state index in [0.29, 0.717) is 11.4 Å². The zero-order valence-corrected chi connectivity index (χ0v) is 9.35. The fourth-order valence-corrected chi connectivity index (χ4v) is 2.65. The lowest BCUT2D eigenvalue weighted by atomic mass is 10.4. The van der Waals surface area contributed by atoms with Gasteiger partial charge < -0.3 is 0 Å². The Morgan fingerprint density at radius 3 is 2.67 bits per heavy atom. The fourth-order valence-electron chi connectivity index (χ4n) is 1.25. The van der Waals surface area contributed by atoms with Crippen molar-refractivity contribution in [3.8, 4) is 6.07 Å². The van der Waals surface area contributed by atoms with Crippen LogP contribution >= 0.6 is 0 Å². The molecule has 0 unspecified atom stereocenters. The molecule has 1 aromatic heterocycles. The summed E-state index contributed by atoms with van der Waals surface area (Å²) in [4.78, 5) is 0.167. The van der Waals surface area contributed by atoms with E-state index in [-0.39, 0.29) is 17.9 Å². The van der Waals surface area contributed by atoms with E-state index in [4.69, 9.17) is 5.26 Å². The molecular formula is C8H12N4O2S. The molecule has 0 spiro atoms. The number of aromatic nitrogens is 2. The zero-order chi connectivity index (χ0) is 11.5. The third-order valence-corrected chi connectivity index (χ3v) is 3.58. The Morgan fingerprint density at radius 1 is 1.53 bits per heavy atom. The quantitative estimate of drug-likeness (QED) is 0.720. The molecule has 0 amide bonds. The maximum Gasteiger partial charge on any atom is 0.244 e. The third kappa shape index (κ3) is 2.55. The van der Waals surface area contributed by atoms with Crippen molar-refractivity contribution in [2.24, 2.45) is 0 Å². The highest BCUT2D eigenvalue weighted by molar-refractivity contribution is 7.89. The van der Waals surface area contributed by atoms with Crippen LogP contribution in [0.3, 0.4) is 0 Å². The van der Waals surface area contributed by atoms with Gasteiger partial charge in [-0.25, -0.2) is 13.1 Å². The summed E-state index contributed by atoms with van der Waals surface area (Å²) in [7, 11) is -3.55. The molecule has 0 aromatic carbocycles. The Labute approximate surface area is 88.4 Å². The number of hydrogen-bond acceptors (Lipinski definition) is 4. The maximum atomic E-state index is 11.7. The summed E-state index contributed by atoms with van der Waals surface area (Å²) in [6, 6.07) is 1.86. The minimum atomic E-state index is -3.55. The number of sulfonamides is 1. The second-order valence-corrected chi connectivity index (χ2v) is 4.77. The third-order valence-electron chi connectivity index (χ3n) is 1.86. The molecule has 0 radical (unpaired) electrons. The van der Waals surface area contributed by atoms with Crippen LogP contribution < -0.4 is 4.72 Å². The Kier molecular flexibility index (Phi) is 3.44. The molecule has 7 heteroatoms. The van der Waals surface area contributed by atoms with Crippen LogP contribution in [0.4, 0.5) is 0 Å². The Morgan fingerprint density at radius 2 is 2.20 bits per heavy atom. The summed E-state index contributed by atoms with van der Waals surface area (Å²) in [6.45, 7) is 3.37. The smallest absolute Gasteiger partial charge is 0.244 e. The number of H-pyrrole nitrogens is 1. The predicted octanol–water partition coefficient (Wildman–Crippen LogP) is 0.219. The number of nitrogens with zero attached hydrogens (tertiary/aromatic N) is 2. The van der Waals surface area contributed by atoms with Gasteiger partial charge in [0.2, 0.25) is 10.0 Å². The van der Waals surface area contributed by atoms with Gasteiger partial charge in [0.15, 0.2) is 0 Å². The largest absolute Gasteiger partial charge is 0.281 e. The first kappa shape index (κ1) is 11.7. The van der Waals surface area contributed by atoms with Crippen molar-refractivity contribution in [2.75, 3.05) is 6.54 Å². The van der Waals surface area contributed by atoms with Crippen LogP contribution in [0.5, 0.6) is 0 Å². The van der Waals surface area contributed by atoms with E-state index in [1.165, 1.54) is 0 Å². The van der Waals surface area contributed by atoms with Crippen LogP contribution in [0, 0.1) is 25.2 Å². The Bertz CT molecular complexity index is 464. The standard InChI is InChI=1S/C8H12N4O2S/c1-6-8(7(2)12-11-6)15(13,14)10-5-3-4-9/h10H,3,5H2,1-2H3,(H,11,12). The van der Waals surface area contributed by atoms with Gasteiger partial charge >= 0.3 is 0 Å². The van der Waals surface area contributed by atoms with Crippen LogP contribution in [-0.2, 0) is 10.0 Å². The molecule has 2 N–H and O–H groups in total. The highest BCUT2D eigenvalue weighted by Crippen LogP contribution is 2.15. The molecule has 0 atom stereocenters. The summed E-state index contributed by atoms with van der Waals surface area (Å²) >= 11 is 0. The number of nitriles is 1. The van der Waals surface area contributed by atoms with Crippen molar-refractivity contribution in [3.05, 3.63) is 11.4 Å². The number of aromatic amines is 1. The van der Waals surface area contributed by atoms with E-state index in [0.717, 1.165) is 0 Å². The number of aryl methyl sites for hydroxylation is 2. The van der Waals surface area contributed by atoms with Gasteiger partial charge in [-0.1, -0.05) is 0 Å². The lowest BCUT2D eigenvalue weighted by molar-refractivity contribution is 0.581. The summed E-state index contributed by atoms with van der Waals surface area (Å²) in [5.41, 5.74) is 0.925. The average molecular weight is 228 g/mol. The molecule has 1 rings (SSSR count). The molecule has 0 saturated heterocycles. The van der Waals surface area contributed by atoms with E-state index in [9.17, 15) is 8.42 Å². The number of hydrogen-bond donors (Lipinski definition) is 2. The number of rotatable bonds is 4. The van der Waals surface area contributed by atoms with Crippen LogP contribution in [0.15, 0.2) is 4.90 Å². The zero-order valence-electron chi connectivity index (χ0n) is 8.53. The second kappa shape index (κ2) is 4.42. The Balaban J connectivity index is 2.93. The topological polar surface area (TPSA) is 98.6 Å². The highest BCUT2D eigenvalue weighted by atomic mass is 32.2. The lowest BCUT2D eigenvalue weighted by Crippen LogP contribution is -2.25. The van der Waals surface area contributed by atoms with Crippen LogP contribution in [-0.4, -0.2) is 25.2 Å². The first-order chi connectivity index (χ1) is 6.99. The molecule has 0 aliphatic rings. The van der Waals surface area contributed by atoms with E-state index in [1.807, 2.05) is 6.07 Å². The predicted molar refractivity (Wildman–Crippen MR) is 53.5 cm³/mol. The van der Waals surface area contributed by atoms with Gasteiger partial charge in [-0.15, -0.1) is 0 Å². The lowest BCUT2D eigenvalue weighted by Gasteiger charge is -2.04. The maximum absolute atomic E-state index is 11.7. The molecule has 15 heavy (non-hydrogen) atoms. The molecule has 1 heterocycles. The normalized spacial score (nSPS) is 11.3. The van der Waals surface area contributed by atoms with E-state index in [2.05, 4.69) is 14.9 Å². The molecular weight excluding hydrogens is 216 g/mol. The van der Waals surface area contributed by atoms with Crippen molar-refractivity contribution >= 4 is 10.0 Å². The van der Waals surface area contributed by atoms with Crippen LogP contribution in [0.2, 0.25) is 0 Å². The van der Waals surface area contributed by atoms with Crippen molar-refractivity contribution < 1.29 is 8.42 Å². The van der Waals surface area contributed by atoms with Crippen molar-refractivity contribution in [1.29, 1.82) is 5.26 Å². The molecule has 82 valence electrons. The average Bonchev–Trinajstić information content (AvgIpc) is 2.46. The first-order valence-electron chi connectivity index (χ1n) is 4.37. The van der Waals surface area contributed by atoms with Gasteiger partial charge in [0.1, 0.15) is 4.90 Å². The van der Waals surface area contributed by atoms with Crippen molar-refractivity contribution in [2.45, 2.75) is 25.2 Å². The molecule has 0 saturated carbocycles. The summed E-state index contributed by atoms with van der Waals surface area (Å²) in [5, 5.41) is 14.7. The van der Waals surface area contributed by atoms with Crippen LogP contribution in [0.1, 0.15) is 17.8 Å². The van der Waals surface area contributed by atoms with E-state index >= 15 is 0 Å². The van der Waals surface area contributed by atoms with Crippen molar-refractivity contribution in [3.63, 3.8) is 0 Å². The summed E-state index contributed by atoms with van der Waals surface area (Å²) in [6.07, 6.45) is 0.148. The van der Waals surface area contributed by atoms with Gasteiger partial charge in [-0.3, -0.25) is 5.10 Å². The summed E-state index contributed by atoms with van der Waals surface area (Å²) < 4.78 is 25.8. The fraction of sp³-hybridized carbons (Fsp3) is 0.500. The van der Waals surface area contributed by atoms with E-state index in [1.54, 1.807) is 13.8 Å². The SMILES string of the molecule is Cc1n[nH]c(C)c1S(=O)(=O)NCCC#N. The van der Waals surface area contributed by atoms with Crippen molar-refractivity contribution in [1.82, 2.24) is 14.9 Å². The van der Waals surface area contributed by atoms with Crippen LogP contribution in [0.25, 0.3) is 0 Å². The van der Waals surface area contributed by atoms with E-state index < -0.39 is 10.0 Å². The Hall–Kier alpha value is -1.39. The van der Waals surface area contributed by atoms with Gasteiger partial charge in [-0.2, -0.15) is 10.4 Å². The van der Waals surface area contributed by atoms with Gasteiger partial charge in [0.05, 0.1) is 17.5 Å². The summed E-state index contributed by atoms with van der Waals surface area (Å²) in [5.74, 6) is 0. The molecule has 0 aliphatic heterocycles. The molecule has 1 aromatic rings. The monoisotopic (exact) mass is 228 g/mol. The minimum absolute atomic E-state index is 0.114. The molecule has 6 nitrogen and oxygen atoms in total. The second-order valence-electron chi connectivity index (χ2n) is 3.07. The van der Waals surface area contributed by atoms with Gasteiger partial charge in [0, 0.05) is 13.0 Å². The van der Waals surface area contributed by atoms with Gasteiger partial charge in [-0.05, 0) is 13.8 Å². The first-order valence-corrected chi connectivity index (χ1v) is 5.85. The van der Waals surface area contributed by atoms with Gasteiger partial charge in [0.25, 0.3) is 0 Å². The minimum Gasteiger partial charge on any atom is -0.281 e. The molecule has 0 bridgehead atoms. The molecule has 0 fully saturated rings.